The van der Waals surface area contributed by atoms with Gasteiger partial charge in [-0.25, -0.2) is 17.9 Å². The van der Waals surface area contributed by atoms with Gasteiger partial charge < -0.3 is 24.8 Å². The summed E-state index contributed by atoms with van der Waals surface area (Å²) < 4.78 is 45.7. The van der Waals surface area contributed by atoms with Crippen LogP contribution < -0.4 is 25.4 Å². The number of ether oxygens (including phenoxy) is 3. The molecule has 15 nitrogen and oxygen atoms in total. The summed E-state index contributed by atoms with van der Waals surface area (Å²) in [6.45, 7) is 1.23. The Balaban J connectivity index is 0.828. The van der Waals surface area contributed by atoms with Crippen LogP contribution in [-0.2, 0) is 54.8 Å². The molecule has 54 heavy (non-hydrogen) atoms. The number of nitrogens with one attached hydrogen (secondary N) is 4. The highest BCUT2D eigenvalue weighted by Crippen LogP contribution is 2.39. The molecule has 7 rings (SSSR count). The summed E-state index contributed by atoms with van der Waals surface area (Å²) >= 11 is 0. The van der Waals surface area contributed by atoms with Crippen LogP contribution in [0.15, 0.2) is 53.4 Å². The highest BCUT2D eigenvalue weighted by atomic mass is 32.2. The molecule has 4 N–H and O–H groups in total. The number of benzene rings is 3. The van der Waals surface area contributed by atoms with Gasteiger partial charge in [0, 0.05) is 24.3 Å². The number of imide groups is 2. The Morgan fingerprint density at radius 1 is 0.815 bits per heavy atom. The van der Waals surface area contributed by atoms with E-state index in [0.717, 1.165) is 60.2 Å². The fourth-order valence-corrected chi connectivity index (χ4v) is 8.58. The minimum Gasteiger partial charge on any atom is -0.490 e. The molecule has 2 aliphatic carbocycles. The van der Waals surface area contributed by atoms with Gasteiger partial charge in [-0.15, -0.1) is 0 Å². The van der Waals surface area contributed by atoms with E-state index >= 15 is 0 Å². The maximum Gasteiger partial charge on any atom is 0.333 e. The second-order valence-electron chi connectivity index (χ2n) is 13.4. The largest absolute Gasteiger partial charge is 0.490 e. The first-order chi connectivity index (χ1) is 26.1. The Bertz CT molecular complexity index is 2090. The van der Waals surface area contributed by atoms with E-state index < -0.39 is 45.7 Å². The summed E-state index contributed by atoms with van der Waals surface area (Å²) in [5.74, 6) is -2.20. The summed E-state index contributed by atoms with van der Waals surface area (Å²) in [5, 5.41) is 8.15. The molecule has 16 heteroatoms. The van der Waals surface area contributed by atoms with E-state index in [4.69, 9.17) is 14.2 Å². The van der Waals surface area contributed by atoms with Crippen LogP contribution >= 0.6 is 0 Å². The second-order valence-corrected chi connectivity index (χ2v) is 15.1. The Hall–Kier alpha value is -5.32. The van der Waals surface area contributed by atoms with Gasteiger partial charge in [0.1, 0.15) is 23.3 Å². The van der Waals surface area contributed by atoms with Gasteiger partial charge in [-0.1, -0.05) is 24.3 Å². The van der Waals surface area contributed by atoms with E-state index in [9.17, 15) is 32.4 Å². The number of anilines is 2. The summed E-state index contributed by atoms with van der Waals surface area (Å²) in [7, 11) is -4.26. The minimum absolute atomic E-state index is 0.0399. The van der Waals surface area contributed by atoms with Crippen LogP contribution in [-0.4, -0.2) is 88.6 Å². The standard InChI is InChI=1S/C38H41N5O10S/c44-32-15-14-29(35(45)40-32)43-36(46)27-10-5-11-28(33(27)37(43)47)39-16-17-51-18-19-52-20-21-53-30-12-1-2-13-31(30)54(49,50)42-38(48)41-34-25-8-3-6-23(25)22-24-7-4-9-26(24)34/h1-2,5,10-13,22,29,39H,3-4,6-9,14-21H2,(H,40,44,45)(H2,41,42,48). The number of piperidine rings is 1. The first-order valence-corrected chi connectivity index (χ1v) is 19.6. The topological polar surface area (TPSA) is 199 Å². The summed E-state index contributed by atoms with van der Waals surface area (Å²) in [6, 6.07) is 11.3. The zero-order valence-corrected chi connectivity index (χ0v) is 30.4. The fourth-order valence-electron chi connectivity index (χ4n) is 7.53. The van der Waals surface area contributed by atoms with Crippen LogP contribution in [0.5, 0.6) is 5.75 Å². The van der Waals surface area contributed by atoms with Gasteiger partial charge in [-0.05, 0) is 91.5 Å². The summed E-state index contributed by atoms with van der Waals surface area (Å²) in [4.78, 5) is 63.9. The predicted molar refractivity (Wildman–Crippen MR) is 195 cm³/mol. The van der Waals surface area contributed by atoms with Crippen LogP contribution in [0.1, 0.15) is 68.7 Å². The van der Waals surface area contributed by atoms with Gasteiger partial charge in [0.05, 0.1) is 37.6 Å². The Morgan fingerprint density at radius 2 is 1.52 bits per heavy atom. The number of aryl methyl sites for hydroxylation is 2. The quantitative estimate of drug-likeness (QED) is 0.131. The van der Waals surface area contributed by atoms with Gasteiger partial charge in [0.25, 0.3) is 21.8 Å². The lowest BCUT2D eigenvalue weighted by Crippen LogP contribution is -2.54. The Morgan fingerprint density at radius 3 is 2.26 bits per heavy atom. The predicted octanol–water partition coefficient (Wildman–Crippen LogP) is 3.10. The van der Waals surface area contributed by atoms with E-state index in [1.54, 1.807) is 24.3 Å². The molecule has 1 saturated heterocycles. The lowest BCUT2D eigenvalue weighted by molar-refractivity contribution is -0.136. The van der Waals surface area contributed by atoms with Gasteiger partial charge >= 0.3 is 6.03 Å². The van der Waals surface area contributed by atoms with Crippen LogP contribution in [0.3, 0.4) is 0 Å². The van der Waals surface area contributed by atoms with E-state index in [1.165, 1.54) is 29.3 Å². The molecule has 2 heterocycles. The van der Waals surface area contributed by atoms with Crippen LogP contribution in [0.2, 0.25) is 0 Å². The molecule has 1 unspecified atom stereocenters. The number of carbonyl (C=O) groups is 5. The summed E-state index contributed by atoms with van der Waals surface area (Å²) in [6.07, 6.45) is 5.75. The molecule has 6 amide bonds. The highest BCUT2D eigenvalue weighted by Gasteiger charge is 2.45. The van der Waals surface area contributed by atoms with E-state index in [0.29, 0.717) is 12.2 Å². The van der Waals surface area contributed by atoms with Crippen molar-refractivity contribution in [2.75, 3.05) is 50.2 Å². The molecule has 1 fully saturated rings. The number of fused-ring (bicyclic) bond motifs is 3. The molecule has 0 spiro atoms. The first kappa shape index (κ1) is 37.0. The number of sulfonamides is 1. The first-order valence-electron chi connectivity index (χ1n) is 18.1. The van der Waals surface area contributed by atoms with Gasteiger partial charge in [0.15, 0.2) is 0 Å². The molecule has 0 bridgehead atoms. The number of carbonyl (C=O) groups excluding carboxylic acids is 5. The van der Waals surface area contributed by atoms with Crippen LogP contribution in [0.25, 0.3) is 0 Å². The monoisotopic (exact) mass is 759 g/mol. The van der Waals surface area contributed by atoms with Crippen LogP contribution in [0, 0.1) is 0 Å². The molecule has 0 saturated carbocycles. The van der Waals surface area contributed by atoms with Crippen molar-refractivity contribution < 1.29 is 46.6 Å². The van der Waals surface area contributed by atoms with Crippen molar-refractivity contribution in [3.63, 3.8) is 0 Å². The molecule has 0 aromatic heterocycles. The third-order valence-corrected chi connectivity index (χ3v) is 11.3. The Kier molecular flexibility index (Phi) is 10.9. The molecule has 3 aromatic rings. The third-order valence-electron chi connectivity index (χ3n) is 9.96. The Labute approximate surface area is 312 Å². The van der Waals surface area contributed by atoms with Crippen molar-refractivity contribution in [1.82, 2.24) is 14.9 Å². The average molecular weight is 760 g/mol. The molecule has 2 aliphatic heterocycles. The average Bonchev–Trinajstić information content (AvgIpc) is 3.88. The minimum atomic E-state index is -4.26. The molecule has 0 radical (unpaired) electrons. The fraction of sp³-hybridized carbons (Fsp3) is 0.395. The zero-order chi connectivity index (χ0) is 37.8. The van der Waals surface area contributed by atoms with Gasteiger partial charge in [-0.2, -0.15) is 0 Å². The lowest BCUT2D eigenvalue weighted by Gasteiger charge is -2.27. The molecular weight excluding hydrogens is 719 g/mol. The maximum atomic E-state index is 13.3. The van der Waals surface area contributed by atoms with Crippen molar-refractivity contribution in [1.29, 1.82) is 0 Å². The second kappa shape index (κ2) is 16.0. The van der Waals surface area contributed by atoms with E-state index in [-0.39, 0.29) is 67.6 Å². The SMILES string of the molecule is O=C1CCC(N2C(=O)c3cccc(NCCOCCOCCOc4ccccc4S(=O)(=O)NC(=O)Nc4c5c(cc6c4CCC6)CCC5)c3C2=O)C(=O)N1. The summed E-state index contributed by atoms with van der Waals surface area (Å²) in [5.41, 5.74) is 6.18. The number of rotatable bonds is 15. The van der Waals surface area contributed by atoms with Crippen molar-refractivity contribution in [2.45, 2.75) is 62.3 Å². The normalized spacial score (nSPS) is 17.6. The maximum absolute atomic E-state index is 13.3. The van der Waals surface area contributed by atoms with Crippen molar-refractivity contribution in [3.8, 4) is 5.75 Å². The van der Waals surface area contributed by atoms with Gasteiger partial charge in [-0.3, -0.25) is 29.4 Å². The molecule has 284 valence electrons. The molecular formula is C38H41N5O10S. The number of urea groups is 1. The molecule has 3 aromatic carbocycles. The lowest BCUT2D eigenvalue weighted by atomic mass is 9.99. The third kappa shape index (κ3) is 7.67. The number of hydrogen-bond donors (Lipinski definition) is 4. The molecule has 4 aliphatic rings. The van der Waals surface area contributed by atoms with Crippen molar-refractivity contribution in [3.05, 3.63) is 81.9 Å². The molecule has 1 atom stereocenters. The zero-order valence-electron chi connectivity index (χ0n) is 29.5. The van der Waals surface area contributed by atoms with E-state index in [1.807, 2.05) is 0 Å². The van der Waals surface area contributed by atoms with Crippen LogP contribution in [0.4, 0.5) is 16.2 Å². The number of para-hydroxylation sites is 1. The number of hydrogen-bond acceptors (Lipinski definition) is 11. The number of nitrogens with zero attached hydrogens (tertiary/aromatic N) is 1. The highest BCUT2D eigenvalue weighted by molar-refractivity contribution is 7.90. The smallest absolute Gasteiger partial charge is 0.333 e. The van der Waals surface area contributed by atoms with Crippen molar-refractivity contribution >= 4 is 51.1 Å². The van der Waals surface area contributed by atoms with Gasteiger partial charge in [0.2, 0.25) is 11.8 Å². The van der Waals surface area contributed by atoms with Crippen molar-refractivity contribution in [2.24, 2.45) is 0 Å². The van der Waals surface area contributed by atoms with E-state index in [2.05, 4.69) is 26.7 Å². The number of amides is 6.